The van der Waals surface area contributed by atoms with E-state index in [1.807, 2.05) is 17.5 Å². The first kappa shape index (κ1) is 14.5. The average molecular weight is 311 g/mol. The fourth-order valence-corrected chi connectivity index (χ4v) is 2.70. The molecule has 0 aliphatic rings. The van der Waals surface area contributed by atoms with Crippen molar-refractivity contribution in [3.05, 3.63) is 17.5 Å². The molecule has 9 heteroatoms. The second-order valence-electron chi connectivity index (χ2n) is 3.77. The summed E-state index contributed by atoms with van der Waals surface area (Å²) in [6.45, 7) is 1.68. The zero-order valence-electron chi connectivity index (χ0n) is 10.8. The number of hydrogen-bond donors (Lipinski definition) is 3. The molecular weight excluding hydrogens is 298 g/mol. The van der Waals surface area contributed by atoms with Crippen molar-refractivity contribution in [3.8, 4) is 10.7 Å². The Labute approximate surface area is 123 Å². The molecule has 0 aromatic carbocycles. The molecule has 2 rings (SSSR count). The van der Waals surface area contributed by atoms with E-state index in [0.717, 1.165) is 4.88 Å². The van der Waals surface area contributed by atoms with Crippen LogP contribution < -0.4 is 10.6 Å². The Balaban J connectivity index is 1.96. The van der Waals surface area contributed by atoms with Gasteiger partial charge in [0.15, 0.2) is 5.82 Å². The van der Waals surface area contributed by atoms with E-state index in [4.69, 9.17) is 0 Å². The van der Waals surface area contributed by atoms with Gasteiger partial charge in [-0.2, -0.15) is 0 Å². The zero-order valence-corrected chi connectivity index (χ0v) is 12.5. The molecule has 0 spiro atoms. The number of rotatable bonds is 4. The topological polar surface area (TPSA) is 99.8 Å². The molecule has 0 unspecified atom stereocenters. The Bertz CT molecular complexity index is 596. The molecule has 2 aromatic rings. The molecule has 3 amide bonds. The lowest BCUT2D eigenvalue weighted by Crippen LogP contribution is -2.41. The van der Waals surface area contributed by atoms with Gasteiger partial charge in [0.2, 0.25) is 11.1 Å². The molecule has 3 N–H and O–H groups in total. The maximum absolute atomic E-state index is 11.7. The number of aromatic nitrogens is 3. The highest BCUT2D eigenvalue weighted by Crippen LogP contribution is 2.25. The third kappa shape index (κ3) is 3.58. The Morgan fingerprint density at radius 1 is 1.50 bits per heavy atom. The van der Waals surface area contributed by atoms with Gasteiger partial charge in [-0.3, -0.25) is 15.2 Å². The van der Waals surface area contributed by atoms with Crippen LogP contribution in [0.25, 0.3) is 10.7 Å². The van der Waals surface area contributed by atoms with Gasteiger partial charge in [-0.15, -0.1) is 16.4 Å². The summed E-state index contributed by atoms with van der Waals surface area (Å²) in [5.74, 6) is 0.276. The van der Waals surface area contributed by atoms with Crippen molar-refractivity contribution in [3.63, 3.8) is 0 Å². The number of nitrogens with one attached hydrogen (secondary N) is 3. The van der Waals surface area contributed by atoms with Gasteiger partial charge in [0, 0.05) is 7.05 Å². The van der Waals surface area contributed by atoms with Gasteiger partial charge < -0.3 is 5.32 Å². The van der Waals surface area contributed by atoms with Crippen molar-refractivity contribution in [2.75, 3.05) is 7.05 Å². The predicted molar refractivity (Wildman–Crippen MR) is 77.6 cm³/mol. The number of thioether (sulfide) groups is 1. The second-order valence-corrected chi connectivity index (χ2v) is 6.03. The minimum atomic E-state index is -0.531. The minimum absolute atomic E-state index is 0.392. The molecule has 0 saturated carbocycles. The van der Waals surface area contributed by atoms with Crippen LogP contribution in [-0.4, -0.2) is 39.4 Å². The summed E-state index contributed by atoms with van der Waals surface area (Å²) in [6, 6.07) is 3.33. The molecule has 2 heterocycles. The van der Waals surface area contributed by atoms with E-state index in [1.54, 1.807) is 18.3 Å². The standard InChI is InChI=1S/C11H13N5O2S2/c1-6(9(17)14-10(18)12-2)20-11-13-8(15-16-11)7-4-3-5-19-7/h3-6H,1-2H3,(H,13,15,16)(H2,12,14,17,18)/t6-/m1/s1. The van der Waals surface area contributed by atoms with Gasteiger partial charge in [-0.1, -0.05) is 17.8 Å². The highest BCUT2D eigenvalue weighted by atomic mass is 32.2. The molecule has 106 valence electrons. The maximum Gasteiger partial charge on any atom is 0.321 e. The van der Waals surface area contributed by atoms with Gasteiger partial charge in [0.25, 0.3) is 0 Å². The fraction of sp³-hybridized carbons (Fsp3) is 0.273. The molecule has 0 aliphatic heterocycles. The number of nitrogens with zero attached hydrogens (tertiary/aromatic N) is 2. The summed E-state index contributed by atoms with van der Waals surface area (Å²) in [5, 5.41) is 13.3. The number of hydrogen-bond acceptors (Lipinski definition) is 6. The number of H-pyrrole nitrogens is 1. The lowest BCUT2D eigenvalue weighted by Gasteiger charge is -2.08. The number of imide groups is 1. The number of urea groups is 1. The average Bonchev–Trinajstić information content (AvgIpc) is 3.08. The molecule has 0 radical (unpaired) electrons. The van der Waals surface area contributed by atoms with Crippen LogP contribution in [0.15, 0.2) is 22.7 Å². The number of carbonyl (C=O) groups excluding carboxylic acids is 2. The quantitative estimate of drug-likeness (QED) is 0.743. The Morgan fingerprint density at radius 3 is 2.95 bits per heavy atom. The van der Waals surface area contributed by atoms with Crippen molar-refractivity contribution in [1.29, 1.82) is 0 Å². The van der Waals surface area contributed by atoms with Crippen LogP contribution in [0.2, 0.25) is 0 Å². The molecule has 1 atom stereocenters. The molecule has 0 bridgehead atoms. The minimum Gasteiger partial charge on any atom is -0.341 e. The summed E-state index contributed by atoms with van der Waals surface area (Å²) in [4.78, 5) is 28.0. The number of thiophene rings is 1. The van der Waals surface area contributed by atoms with Crippen molar-refractivity contribution in [2.45, 2.75) is 17.3 Å². The lowest BCUT2D eigenvalue weighted by molar-refractivity contribution is -0.119. The molecule has 0 fully saturated rings. The van der Waals surface area contributed by atoms with Gasteiger partial charge >= 0.3 is 6.03 Å². The van der Waals surface area contributed by atoms with Crippen molar-refractivity contribution in [1.82, 2.24) is 25.8 Å². The third-order valence-corrected chi connectivity index (χ3v) is 4.17. The van der Waals surface area contributed by atoms with E-state index >= 15 is 0 Å². The van der Waals surface area contributed by atoms with E-state index in [9.17, 15) is 9.59 Å². The van der Waals surface area contributed by atoms with Crippen LogP contribution in [0.5, 0.6) is 0 Å². The first-order chi connectivity index (χ1) is 9.60. The van der Waals surface area contributed by atoms with Crippen LogP contribution in [0.1, 0.15) is 6.92 Å². The molecule has 2 aromatic heterocycles. The summed E-state index contributed by atoms with van der Waals surface area (Å²) >= 11 is 2.73. The van der Waals surface area contributed by atoms with E-state index < -0.39 is 17.2 Å². The summed E-state index contributed by atoms with van der Waals surface area (Å²) in [7, 11) is 1.45. The van der Waals surface area contributed by atoms with E-state index in [2.05, 4.69) is 25.8 Å². The Hall–Kier alpha value is -1.87. The largest absolute Gasteiger partial charge is 0.341 e. The maximum atomic E-state index is 11.7. The number of amides is 3. The van der Waals surface area contributed by atoms with Crippen molar-refractivity contribution < 1.29 is 9.59 Å². The van der Waals surface area contributed by atoms with Crippen LogP contribution in [0.3, 0.4) is 0 Å². The predicted octanol–water partition coefficient (Wildman–Crippen LogP) is 1.47. The first-order valence-electron chi connectivity index (χ1n) is 5.75. The van der Waals surface area contributed by atoms with Crippen molar-refractivity contribution >= 4 is 35.0 Å². The fourth-order valence-electron chi connectivity index (χ4n) is 1.31. The van der Waals surface area contributed by atoms with Crippen LogP contribution in [0.4, 0.5) is 4.79 Å². The monoisotopic (exact) mass is 311 g/mol. The van der Waals surface area contributed by atoms with E-state index in [0.29, 0.717) is 11.0 Å². The second kappa shape index (κ2) is 6.53. The smallest absolute Gasteiger partial charge is 0.321 e. The SMILES string of the molecule is CNC(=O)NC(=O)[C@@H](C)Sc1n[nH]c(-c2cccs2)n1. The van der Waals surface area contributed by atoms with Crippen LogP contribution in [0, 0.1) is 0 Å². The van der Waals surface area contributed by atoms with Crippen LogP contribution in [-0.2, 0) is 4.79 Å². The Morgan fingerprint density at radius 2 is 2.30 bits per heavy atom. The Kier molecular flexibility index (Phi) is 4.74. The number of carbonyl (C=O) groups is 2. The van der Waals surface area contributed by atoms with Crippen LogP contribution >= 0.6 is 23.1 Å². The molecule has 0 saturated heterocycles. The van der Waals surface area contributed by atoms with E-state index in [1.165, 1.54) is 18.8 Å². The highest BCUT2D eigenvalue weighted by molar-refractivity contribution is 8.00. The molecule has 0 aliphatic carbocycles. The van der Waals surface area contributed by atoms with Gasteiger partial charge in [0.05, 0.1) is 10.1 Å². The third-order valence-electron chi connectivity index (χ3n) is 2.33. The molecular formula is C11H13N5O2S2. The highest BCUT2D eigenvalue weighted by Gasteiger charge is 2.19. The molecule has 20 heavy (non-hydrogen) atoms. The van der Waals surface area contributed by atoms with E-state index in [-0.39, 0.29) is 0 Å². The van der Waals surface area contributed by atoms with Crippen molar-refractivity contribution in [2.24, 2.45) is 0 Å². The normalized spacial score (nSPS) is 11.9. The summed E-state index contributed by atoms with van der Waals surface area (Å²) in [6.07, 6.45) is 0. The summed E-state index contributed by atoms with van der Waals surface area (Å²) < 4.78 is 0. The van der Waals surface area contributed by atoms with Gasteiger partial charge in [0.1, 0.15) is 0 Å². The lowest BCUT2D eigenvalue weighted by atomic mass is 10.4. The molecule has 7 nitrogen and oxygen atoms in total. The van der Waals surface area contributed by atoms with Gasteiger partial charge in [-0.25, -0.2) is 9.78 Å². The van der Waals surface area contributed by atoms with Gasteiger partial charge in [-0.05, 0) is 18.4 Å². The zero-order chi connectivity index (χ0) is 14.5. The summed E-state index contributed by atoms with van der Waals surface area (Å²) in [5.41, 5.74) is 0. The number of aromatic amines is 1. The first-order valence-corrected chi connectivity index (χ1v) is 7.51.